The van der Waals surface area contributed by atoms with Crippen LogP contribution in [0.25, 0.3) is 0 Å². The summed E-state index contributed by atoms with van der Waals surface area (Å²) in [5.41, 5.74) is 3.92. The van der Waals surface area contributed by atoms with E-state index in [0.29, 0.717) is 11.3 Å². The molecule has 0 bridgehead atoms. The number of nitrogens with zero attached hydrogens (tertiary/aromatic N) is 1. The normalized spacial score (nSPS) is 10.5. The molecule has 1 amide bonds. The van der Waals surface area contributed by atoms with Gasteiger partial charge in [0.15, 0.2) is 6.61 Å². The van der Waals surface area contributed by atoms with Crippen LogP contribution in [0.15, 0.2) is 53.6 Å². The van der Waals surface area contributed by atoms with Crippen LogP contribution in [0.2, 0.25) is 0 Å². The van der Waals surface area contributed by atoms with E-state index in [1.807, 2.05) is 25.1 Å². The van der Waals surface area contributed by atoms with Gasteiger partial charge in [0.25, 0.3) is 5.91 Å². The van der Waals surface area contributed by atoms with Gasteiger partial charge in [-0.15, -0.1) is 0 Å². The molecule has 5 heteroatoms. The predicted octanol–water partition coefficient (Wildman–Crippen LogP) is 2.23. The number of carbonyl (C=O) groups excluding carboxylic acids is 1. The number of aromatic hydroxyl groups is 1. The molecule has 2 rings (SSSR count). The highest BCUT2D eigenvalue weighted by molar-refractivity contribution is 5.85. The molecule has 0 heterocycles. The number of phenolic OH excluding ortho intramolecular Hbond substituents is 1. The monoisotopic (exact) mass is 284 g/mol. The van der Waals surface area contributed by atoms with Crippen molar-refractivity contribution in [3.63, 3.8) is 0 Å². The summed E-state index contributed by atoms with van der Waals surface area (Å²) in [7, 11) is 0. The first kappa shape index (κ1) is 14.6. The fourth-order valence-corrected chi connectivity index (χ4v) is 1.66. The SMILES string of the molecule is Cc1cccc(OCC(=O)N/N=C\c2ccccc2O)c1. The number of hydrogen-bond acceptors (Lipinski definition) is 4. The molecule has 0 spiro atoms. The fourth-order valence-electron chi connectivity index (χ4n) is 1.66. The van der Waals surface area contributed by atoms with Crippen LogP contribution in [0.5, 0.6) is 11.5 Å². The van der Waals surface area contributed by atoms with Crippen molar-refractivity contribution in [1.82, 2.24) is 5.43 Å². The predicted molar refractivity (Wildman–Crippen MR) is 80.5 cm³/mol. The van der Waals surface area contributed by atoms with E-state index < -0.39 is 0 Å². The van der Waals surface area contributed by atoms with Gasteiger partial charge in [0.1, 0.15) is 11.5 Å². The van der Waals surface area contributed by atoms with Gasteiger partial charge < -0.3 is 9.84 Å². The van der Waals surface area contributed by atoms with Crippen LogP contribution < -0.4 is 10.2 Å². The number of hydrazone groups is 1. The van der Waals surface area contributed by atoms with Crippen LogP contribution in [0.1, 0.15) is 11.1 Å². The van der Waals surface area contributed by atoms with Gasteiger partial charge in [-0.3, -0.25) is 4.79 Å². The Labute approximate surface area is 122 Å². The van der Waals surface area contributed by atoms with Crippen molar-refractivity contribution in [3.05, 3.63) is 59.7 Å². The number of aryl methyl sites for hydroxylation is 1. The molecule has 0 fully saturated rings. The summed E-state index contributed by atoms with van der Waals surface area (Å²) in [6.45, 7) is 1.82. The molecule has 21 heavy (non-hydrogen) atoms. The Hall–Kier alpha value is -2.82. The minimum absolute atomic E-state index is 0.103. The van der Waals surface area contributed by atoms with E-state index in [1.165, 1.54) is 6.21 Å². The third-order valence-electron chi connectivity index (χ3n) is 2.69. The highest BCUT2D eigenvalue weighted by Gasteiger charge is 2.01. The van der Waals surface area contributed by atoms with Gasteiger partial charge >= 0.3 is 0 Å². The topological polar surface area (TPSA) is 70.9 Å². The second kappa shape index (κ2) is 7.09. The summed E-state index contributed by atoms with van der Waals surface area (Å²) in [4.78, 5) is 11.6. The minimum atomic E-state index is -0.372. The van der Waals surface area contributed by atoms with Gasteiger partial charge in [-0.25, -0.2) is 5.43 Å². The first-order chi connectivity index (χ1) is 10.1. The van der Waals surface area contributed by atoms with Crippen molar-refractivity contribution in [2.75, 3.05) is 6.61 Å². The zero-order valence-corrected chi connectivity index (χ0v) is 11.6. The standard InChI is InChI=1S/C16H16N2O3/c1-12-5-4-7-14(9-12)21-11-16(20)18-17-10-13-6-2-3-8-15(13)19/h2-10,19H,11H2,1H3,(H,18,20)/b17-10-. The first-order valence-corrected chi connectivity index (χ1v) is 6.44. The summed E-state index contributed by atoms with van der Waals surface area (Å²) in [6, 6.07) is 14.1. The molecule has 0 aliphatic rings. The maximum Gasteiger partial charge on any atom is 0.277 e. The number of para-hydroxylation sites is 1. The molecule has 0 radical (unpaired) electrons. The third-order valence-corrected chi connectivity index (χ3v) is 2.69. The molecule has 0 unspecified atom stereocenters. The zero-order valence-electron chi connectivity index (χ0n) is 11.6. The highest BCUT2D eigenvalue weighted by atomic mass is 16.5. The van der Waals surface area contributed by atoms with Crippen molar-refractivity contribution in [2.45, 2.75) is 6.92 Å². The summed E-state index contributed by atoms with van der Waals surface area (Å²) in [6.07, 6.45) is 1.37. The van der Waals surface area contributed by atoms with Gasteiger partial charge in [0.2, 0.25) is 0 Å². The Morgan fingerprint density at radius 2 is 2.10 bits per heavy atom. The summed E-state index contributed by atoms with van der Waals surface area (Å²) < 4.78 is 5.34. The number of phenols is 1. The minimum Gasteiger partial charge on any atom is -0.507 e. The van der Waals surface area contributed by atoms with E-state index in [2.05, 4.69) is 10.5 Å². The van der Waals surface area contributed by atoms with Crippen LogP contribution in [0.4, 0.5) is 0 Å². The number of ether oxygens (including phenoxy) is 1. The third kappa shape index (κ3) is 4.65. The average Bonchev–Trinajstić information content (AvgIpc) is 2.47. The zero-order chi connectivity index (χ0) is 15.1. The number of carbonyl (C=O) groups is 1. The Kier molecular flexibility index (Phi) is 4.93. The summed E-state index contributed by atoms with van der Waals surface area (Å²) in [5.74, 6) is 0.365. The average molecular weight is 284 g/mol. The lowest BCUT2D eigenvalue weighted by molar-refractivity contribution is -0.123. The van der Waals surface area contributed by atoms with Crippen LogP contribution in [0.3, 0.4) is 0 Å². The van der Waals surface area contributed by atoms with Gasteiger partial charge in [-0.05, 0) is 36.8 Å². The van der Waals surface area contributed by atoms with Gasteiger partial charge in [-0.2, -0.15) is 5.10 Å². The van der Waals surface area contributed by atoms with E-state index in [0.717, 1.165) is 5.56 Å². The lowest BCUT2D eigenvalue weighted by Crippen LogP contribution is -2.24. The molecular formula is C16H16N2O3. The quantitative estimate of drug-likeness (QED) is 0.653. The Morgan fingerprint density at radius 3 is 2.86 bits per heavy atom. The molecule has 0 saturated heterocycles. The maximum atomic E-state index is 11.6. The lowest BCUT2D eigenvalue weighted by atomic mass is 10.2. The molecule has 5 nitrogen and oxygen atoms in total. The second-order valence-corrected chi connectivity index (χ2v) is 4.46. The largest absolute Gasteiger partial charge is 0.507 e. The van der Waals surface area contributed by atoms with Gasteiger partial charge in [0, 0.05) is 5.56 Å². The Morgan fingerprint density at radius 1 is 1.29 bits per heavy atom. The van der Waals surface area contributed by atoms with E-state index in [9.17, 15) is 9.90 Å². The number of rotatable bonds is 5. The van der Waals surface area contributed by atoms with E-state index >= 15 is 0 Å². The summed E-state index contributed by atoms with van der Waals surface area (Å²) in [5, 5.41) is 13.3. The van der Waals surface area contributed by atoms with Crippen LogP contribution in [-0.4, -0.2) is 23.8 Å². The molecule has 108 valence electrons. The van der Waals surface area contributed by atoms with Crippen molar-refractivity contribution < 1.29 is 14.6 Å². The second-order valence-electron chi connectivity index (χ2n) is 4.46. The highest BCUT2D eigenvalue weighted by Crippen LogP contribution is 2.13. The Bertz CT molecular complexity index is 653. The number of benzene rings is 2. The maximum absolute atomic E-state index is 11.6. The van der Waals surface area contributed by atoms with Crippen molar-refractivity contribution >= 4 is 12.1 Å². The van der Waals surface area contributed by atoms with Crippen LogP contribution >= 0.6 is 0 Å². The smallest absolute Gasteiger partial charge is 0.277 e. The van der Waals surface area contributed by atoms with E-state index in [4.69, 9.17) is 4.74 Å². The molecule has 2 aromatic carbocycles. The first-order valence-electron chi connectivity index (χ1n) is 6.44. The van der Waals surface area contributed by atoms with Crippen molar-refractivity contribution in [3.8, 4) is 11.5 Å². The molecule has 2 N–H and O–H groups in total. The van der Waals surface area contributed by atoms with Crippen molar-refractivity contribution in [2.24, 2.45) is 5.10 Å². The van der Waals surface area contributed by atoms with E-state index in [-0.39, 0.29) is 18.3 Å². The summed E-state index contributed by atoms with van der Waals surface area (Å²) >= 11 is 0. The molecule has 0 saturated carbocycles. The molecule has 0 atom stereocenters. The van der Waals surface area contributed by atoms with E-state index in [1.54, 1.807) is 30.3 Å². The molecule has 2 aromatic rings. The molecule has 0 aromatic heterocycles. The van der Waals surface area contributed by atoms with Crippen molar-refractivity contribution in [1.29, 1.82) is 0 Å². The van der Waals surface area contributed by atoms with Gasteiger partial charge in [0.05, 0.1) is 6.21 Å². The number of amides is 1. The fraction of sp³-hybridized carbons (Fsp3) is 0.125. The number of hydrogen-bond donors (Lipinski definition) is 2. The van der Waals surface area contributed by atoms with Gasteiger partial charge in [-0.1, -0.05) is 24.3 Å². The lowest BCUT2D eigenvalue weighted by Gasteiger charge is -2.05. The number of nitrogens with one attached hydrogen (secondary N) is 1. The van der Waals surface area contributed by atoms with Crippen LogP contribution in [-0.2, 0) is 4.79 Å². The molecular weight excluding hydrogens is 268 g/mol. The molecule has 0 aliphatic heterocycles. The molecule has 0 aliphatic carbocycles. The van der Waals surface area contributed by atoms with Crippen LogP contribution in [0, 0.1) is 6.92 Å². The Balaban J connectivity index is 1.81.